The summed E-state index contributed by atoms with van der Waals surface area (Å²) in [4.78, 5) is 22.7. The first-order valence-corrected chi connectivity index (χ1v) is 6.72. The highest BCUT2D eigenvalue weighted by Gasteiger charge is 2.44. The minimum atomic E-state index is -0.824. The molecule has 1 fully saturated rings. The molecular weight excluding hydrogens is 262 g/mol. The summed E-state index contributed by atoms with van der Waals surface area (Å²) in [6.45, 7) is 1.38. The molecule has 0 spiro atoms. The average molecular weight is 281 g/mol. The van der Waals surface area contributed by atoms with E-state index in [1.165, 1.54) is 0 Å². The van der Waals surface area contributed by atoms with Crippen LogP contribution in [0, 0.1) is 5.41 Å². The van der Waals surface area contributed by atoms with Crippen LogP contribution in [0.5, 0.6) is 0 Å². The molecule has 0 aliphatic heterocycles. The SMILES string of the molecule is O=C(NCCCn1ccnn1)NCC1(C(=O)O)CCC1. The minimum absolute atomic E-state index is 0.192. The summed E-state index contributed by atoms with van der Waals surface area (Å²) >= 11 is 0. The largest absolute Gasteiger partial charge is 0.481 e. The molecule has 0 aromatic carbocycles. The maximum absolute atomic E-state index is 11.6. The lowest BCUT2D eigenvalue weighted by atomic mass is 9.69. The zero-order valence-electron chi connectivity index (χ0n) is 11.2. The summed E-state index contributed by atoms with van der Waals surface area (Å²) in [6, 6.07) is -0.323. The molecule has 1 aliphatic rings. The van der Waals surface area contributed by atoms with Gasteiger partial charge in [-0.25, -0.2) is 4.79 Å². The molecule has 0 unspecified atom stereocenters. The number of hydrogen-bond acceptors (Lipinski definition) is 4. The topological polar surface area (TPSA) is 109 Å². The quantitative estimate of drug-likeness (QED) is 0.619. The molecule has 2 rings (SSSR count). The van der Waals surface area contributed by atoms with Crippen molar-refractivity contribution in [3.8, 4) is 0 Å². The van der Waals surface area contributed by atoms with E-state index < -0.39 is 11.4 Å². The molecule has 1 aliphatic carbocycles. The van der Waals surface area contributed by atoms with Gasteiger partial charge >= 0.3 is 12.0 Å². The molecule has 1 aromatic rings. The summed E-state index contributed by atoms with van der Waals surface area (Å²) < 4.78 is 1.69. The zero-order chi connectivity index (χ0) is 14.4. The highest BCUT2D eigenvalue weighted by atomic mass is 16.4. The van der Waals surface area contributed by atoms with Gasteiger partial charge in [0.15, 0.2) is 0 Å². The van der Waals surface area contributed by atoms with Crippen LogP contribution in [-0.2, 0) is 11.3 Å². The van der Waals surface area contributed by atoms with Crippen LogP contribution in [0.2, 0.25) is 0 Å². The summed E-state index contributed by atoms with van der Waals surface area (Å²) in [5.41, 5.74) is -0.752. The van der Waals surface area contributed by atoms with Crippen molar-refractivity contribution in [2.75, 3.05) is 13.1 Å². The van der Waals surface area contributed by atoms with Crippen molar-refractivity contribution < 1.29 is 14.7 Å². The van der Waals surface area contributed by atoms with E-state index in [-0.39, 0.29) is 12.6 Å². The number of aliphatic carboxylic acids is 1. The zero-order valence-corrected chi connectivity index (χ0v) is 11.2. The van der Waals surface area contributed by atoms with Crippen LogP contribution >= 0.6 is 0 Å². The van der Waals surface area contributed by atoms with E-state index in [1.807, 2.05) is 0 Å². The lowest BCUT2D eigenvalue weighted by Gasteiger charge is -2.37. The van der Waals surface area contributed by atoms with E-state index in [1.54, 1.807) is 17.1 Å². The third kappa shape index (κ3) is 3.46. The Labute approximate surface area is 116 Å². The van der Waals surface area contributed by atoms with Crippen LogP contribution in [0.15, 0.2) is 12.4 Å². The van der Waals surface area contributed by atoms with Gasteiger partial charge in [-0.05, 0) is 19.3 Å². The Morgan fingerprint density at radius 2 is 2.15 bits per heavy atom. The van der Waals surface area contributed by atoms with Crippen molar-refractivity contribution in [1.82, 2.24) is 25.6 Å². The molecule has 8 nitrogen and oxygen atoms in total. The Kier molecular flexibility index (Phi) is 4.54. The molecule has 1 aromatic heterocycles. The fourth-order valence-electron chi connectivity index (χ4n) is 2.18. The molecule has 0 bridgehead atoms. The summed E-state index contributed by atoms with van der Waals surface area (Å²) in [7, 11) is 0. The summed E-state index contributed by atoms with van der Waals surface area (Å²) in [5, 5.41) is 22.0. The van der Waals surface area contributed by atoms with Gasteiger partial charge < -0.3 is 15.7 Å². The van der Waals surface area contributed by atoms with Crippen LogP contribution < -0.4 is 10.6 Å². The van der Waals surface area contributed by atoms with Crippen LogP contribution in [0.4, 0.5) is 4.79 Å². The van der Waals surface area contributed by atoms with Crippen LogP contribution in [0.1, 0.15) is 25.7 Å². The number of amides is 2. The third-order valence-corrected chi connectivity index (χ3v) is 3.67. The second kappa shape index (κ2) is 6.36. The first-order valence-electron chi connectivity index (χ1n) is 6.72. The van der Waals surface area contributed by atoms with E-state index in [2.05, 4.69) is 20.9 Å². The number of hydrogen-bond donors (Lipinski definition) is 3. The van der Waals surface area contributed by atoms with Crippen LogP contribution in [0.25, 0.3) is 0 Å². The Balaban J connectivity index is 1.59. The number of rotatable bonds is 7. The molecular formula is C12H19N5O3. The van der Waals surface area contributed by atoms with Gasteiger partial charge in [0.25, 0.3) is 0 Å². The van der Waals surface area contributed by atoms with E-state index in [0.717, 1.165) is 12.8 Å². The number of urea groups is 1. The van der Waals surface area contributed by atoms with Crippen LogP contribution in [-0.4, -0.2) is 45.2 Å². The van der Waals surface area contributed by atoms with Crippen molar-refractivity contribution in [2.24, 2.45) is 5.41 Å². The first kappa shape index (κ1) is 14.3. The molecule has 3 N–H and O–H groups in total. The third-order valence-electron chi connectivity index (χ3n) is 3.67. The number of aryl methyl sites for hydroxylation is 1. The molecule has 2 amide bonds. The number of nitrogens with zero attached hydrogens (tertiary/aromatic N) is 3. The summed E-state index contributed by atoms with van der Waals surface area (Å²) in [6.07, 6.45) is 6.27. The first-order chi connectivity index (χ1) is 9.62. The molecule has 1 heterocycles. The van der Waals surface area contributed by atoms with Gasteiger partial charge in [0, 0.05) is 25.8 Å². The molecule has 20 heavy (non-hydrogen) atoms. The smallest absolute Gasteiger partial charge is 0.314 e. The Hall–Kier alpha value is -2.12. The van der Waals surface area contributed by atoms with Gasteiger partial charge in [-0.1, -0.05) is 11.6 Å². The highest BCUT2D eigenvalue weighted by molar-refractivity contribution is 5.78. The van der Waals surface area contributed by atoms with E-state index in [4.69, 9.17) is 5.11 Å². The fraction of sp³-hybridized carbons (Fsp3) is 0.667. The lowest BCUT2D eigenvalue weighted by Crippen LogP contribution is -2.49. The van der Waals surface area contributed by atoms with Gasteiger partial charge in [-0.15, -0.1) is 5.10 Å². The van der Waals surface area contributed by atoms with Gasteiger partial charge in [0.2, 0.25) is 0 Å². The molecule has 0 atom stereocenters. The standard InChI is InChI=1S/C12H19N5O3/c18-10(19)12(3-1-4-12)9-14-11(20)13-5-2-7-17-8-6-15-16-17/h6,8H,1-5,7,9H2,(H,18,19)(H2,13,14,20). The number of carbonyl (C=O) groups is 2. The highest BCUT2D eigenvalue weighted by Crippen LogP contribution is 2.40. The normalized spacial score (nSPS) is 16.2. The molecule has 0 saturated heterocycles. The van der Waals surface area contributed by atoms with Crippen molar-refractivity contribution in [3.63, 3.8) is 0 Å². The minimum Gasteiger partial charge on any atom is -0.481 e. The second-order valence-corrected chi connectivity index (χ2v) is 5.07. The average Bonchev–Trinajstić information content (AvgIpc) is 2.86. The lowest BCUT2D eigenvalue weighted by molar-refractivity contribution is -0.153. The summed E-state index contributed by atoms with van der Waals surface area (Å²) in [5.74, 6) is -0.824. The van der Waals surface area contributed by atoms with Crippen molar-refractivity contribution in [1.29, 1.82) is 0 Å². The van der Waals surface area contributed by atoms with Gasteiger partial charge in [0.05, 0.1) is 11.6 Å². The molecule has 8 heteroatoms. The Morgan fingerprint density at radius 3 is 2.70 bits per heavy atom. The van der Waals surface area contributed by atoms with Crippen molar-refractivity contribution in [3.05, 3.63) is 12.4 Å². The number of aromatic nitrogens is 3. The number of nitrogens with one attached hydrogen (secondary N) is 2. The van der Waals surface area contributed by atoms with E-state index >= 15 is 0 Å². The maximum atomic E-state index is 11.6. The number of carboxylic acids is 1. The molecule has 1 saturated carbocycles. The predicted octanol–water partition coefficient (Wildman–Crippen LogP) is 0.222. The van der Waals surface area contributed by atoms with E-state index in [9.17, 15) is 9.59 Å². The maximum Gasteiger partial charge on any atom is 0.314 e. The van der Waals surface area contributed by atoms with Crippen molar-refractivity contribution in [2.45, 2.75) is 32.2 Å². The predicted molar refractivity (Wildman–Crippen MR) is 70.0 cm³/mol. The van der Waals surface area contributed by atoms with Gasteiger partial charge in [-0.3, -0.25) is 9.48 Å². The van der Waals surface area contributed by atoms with Crippen LogP contribution in [0.3, 0.4) is 0 Å². The Bertz CT molecular complexity index is 456. The van der Waals surface area contributed by atoms with Gasteiger partial charge in [-0.2, -0.15) is 0 Å². The van der Waals surface area contributed by atoms with Crippen molar-refractivity contribution >= 4 is 12.0 Å². The molecule has 110 valence electrons. The van der Waals surface area contributed by atoms with Gasteiger partial charge in [0.1, 0.15) is 0 Å². The monoisotopic (exact) mass is 281 g/mol. The Morgan fingerprint density at radius 1 is 1.35 bits per heavy atom. The number of carboxylic acid groups (broad SMARTS) is 1. The number of carbonyl (C=O) groups excluding carboxylic acids is 1. The molecule has 0 radical (unpaired) electrons. The van der Waals surface area contributed by atoms with E-state index in [0.29, 0.717) is 25.9 Å². The fourth-order valence-corrected chi connectivity index (χ4v) is 2.18. The second-order valence-electron chi connectivity index (χ2n) is 5.07.